The van der Waals surface area contributed by atoms with Gasteiger partial charge in [0.25, 0.3) is 5.56 Å². The summed E-state index contributed by atoms with van der Waals surface area (Å²) in [6, 6.07) is 16.9. The molecule has 2 aliphatic carbocycles. The van der Waals surface area contributed by atoms with Gasteiger partial charge in [-0.25, -0.2) is 28.5 Å². The van der Waals surface area contributed by atoms with Crippen LogP contribution >= 0.6 is 22.6 Å². The molecule has 1 N–H and O–H groups in total. The molecule has 8 rings (SSSR count). The smallest absolute Gasteiger partial charge is 0.347 e. The van der Waals surface area contributed by atoms with Crippen LogP contribution in [0, 0.1) is 0 Å². The van der Waals surface area contributed by atoms with Gasteiger partial charge in [-0.3, -0.25) is 14.4 Å². The molecule has 280 valence electrons. The van der Waals surface area contributed by atoms with E-state index in [1.165, 1.54) is 40.3 Å². The number of aromatic hydroxyl groups is 1. The molecule has 15 heteroatoms. The van der Waals surface area contributed by atoms with E-state index in [2.05, 4.69) is 4.98 Å². The summed E-state index contributed by atoms with van der Waals surface area (Å²) in [5.74, 6) is -0.473. The third kappa shape index (κ3) is 6.02. The van der Waals surface area contributed by atoms with Crippen molar-refractivity contribution in [3.8, 4) is 23.0 Å². The first-order valence-corrected chi connectivity index (χ1v) is 18.5. The first-order chi connectivity index (χ1) is 26.5. The number of phenols is 1. The van der Waals surface area contributed by atoms with Crippen molar-refractivity contribution in [2.45, 2.75) is 44.5 Å². The molecule has 3 aromatic carbocycles. The third-order valence-corrected chi connectivity index (χ3v) is 11.3. The lowest BCUT2D eigenvalue weighted by Gasteiger charge is -2.39. The fraction of sp³-hybridized carbons (Fsp3) is 0.250. The zero-order valence-electron chi connectivity index (χ0n) is 29.9. The van der Waals surface area contributed by atoms with Crippen LogP contribution in [-0.2, 0) is 42.8 Å². The average molecular weight is 856 g/mol. The van der Waals surface area contributed by atoms with E-state index < -0.39 is 28.9 Å². The minimum atomic E-state index is -0.883. The molecular formula is C40H34IN5O9. The number of methoxy groups -OCH3 is 2. The Morgan fingerprint density at radius 3 is 2.42 bits per heavy atom. The van der Waals surface area contributed by atoms with Crippen molar-refractivity contribution in [3.05, 3.63) is 141 Å². The van der Waals surface area contributed by atoms with E-state index in [1.54, 1.807) is 37.4 Å². The zero-order chi connectivity index (χ0) is 38.7. The summed E-state index contributed by atoms with van der Waals surface area (Å²) < 4.78 is 22.1. The third-order valence-electron chi connectivity index (χ3n) is 10.5. The molecule has 5 aromatic rings. The second-order valence-electron chi connectivity index (χ2n) is 13.4. The topological polar surface area (TPSA) is 166 Å². The molecule has 55 heavy (non-hydrogen) atoms. The maximum Gasteiger partial charge on any atom is 0.347 e. The number of phenolic OH excluding ortho intramolecular Hbond substituents is 1. The van der Waals surface area contributed by atoms with Crippen molar-refractivity contribution in [2.75, 3.05) is 14.2 Å². The lowest BCUT2D eigenvalue weighted by atomic mass is 9.68. The molecule has 1 aliphatic heterocycles. The standard InChI is InChI=1S/C40H34IN5O9/c1-43-30-19-34(54-3)33(53-2)18-28(30)42-27(38(43)50)12-13-44-39(51)45-14-11-23-29(46(45)40(44)52)16-25-32(48)17-26(41)37(49)36(25)35(23)24-10-9-22(15-31(24)47)55-20-21-7-5-4-6-8-21/h4-11,15,17-19,29,35,47H,12-14,16,20H2,1-3H3/t29-,35-/m1/s1. The summed E-state index contributed by atoms with van der Waals surface area (Å²) in [4.78, 5) is 73.4. The SMILES string of the molecule is COc1cc2nc(CCn3c(=O)n4n(c3=O)[C@@H]3CC5=C(C(=O)C(I)=CC5=O)[C@@H](c5ccc(OCc6ccccc6)cc5O)C3=CC4)c(=O)n(C)c2cc1OC. The summed E-state index contributed by atoms with van der Waals surface area (Å²) in [5, 5.41) is 11.5. The number of allylic oxidation sites excluding steroid dienone is 6. The van der Waals surface area contributed by atoms with Crippen molar-refractivity contribution >= 4 is 45.2 Å². The van der Waals surface area contributed by atoms with E-state index in [-0.39, 0.29) is 70.3 Å². The Kier molecular flexibility index (Phi) is 9.19. The molecule has 0 radical (unpaired) electrons. The highest BCUT2D eigenvalue weighted by Gasteiger charge is 2.45. The van der Waals surface area contributed by atoms with Gasteiger partial charge in [-0.15, -0.1) is 0 Å². The molecule has 3 heterocycles. The second-order valence-corrected chi connectivity index (χ2v) is 14.6. The normalized spacial score (nSPS) is 17.7. The highest BCUT2D eigenvalue weighted by Crippen LogP contribution is 2.52. The number of hydrogen-bond acceptors (Lipinski definition) is 10. The van der Waals surface area contributed by atoms with Crippen LogP contribution in [0.15, 0.2) is 107 Å². The van der Waals surface area contributed by atoms with E-state index in [9.17, 15) is 29.1 Å². The van der Waals surface area contributed by atoms with Crippen LogP contribution in [0.1, 0.15) is 35.2 Å². The molecule has 2 aromatic heterocycles. The number of rotatable bonds is 9. The molecule has 0 spiro atoms. The fourth-order valence-corrected chi connectivity index (χ4v) is 8.32. The van der Waals surface area contributed by atoms with Crippen LogP contribution < -0.4 is 31.1 Å². The summed E-state index contributed by atoms with van der Waals surface area (Å²) in [5.41, 5.74) is 1.87. The zero-order valence-corrected chi connectivity index (χ0v) is 32.1. The Balaban J connectivity index is 1.15. The quantitative estimate of drug-likeness (QED) is 0.130. The van der Waals surface area contributed by atoms with Gasteiger partial charge in [0.2, 0.25) is 0 Å². The monoisotopic (exact) mass is 855 g/mol. The van der Waals surface area contributed by atoms with Crippen LogP contribution in [0.3, 0.4) is 0 Å². The lowest BCUT2D eigenvalue weighted by Crippen LogP contribution is -2.40. The number of ketones is 2. The van der Waals surface area contributed by atoms with Gasteiger partial charge in [0.1, 0.15) is 23.8 Å². The van der Waals surface area contributed by atoms with Gasteiger partial charge < -0.3 is 23.9 Å². The predicted octanol–water partition coefficient (Wildman–Crippen LogP) is 4.04. The molecule has 0 unspecified atom stereocenters. The van der Waals surface area contributed by atoms with E-state index in [1.807, 2.05) is 52.9 Å². The van der Waals surface area contributed by atoms with Crippen molar-refractivity contribution in [1.82, 2.24) is 23.5 Å². The Bertz CT molecular complexity index is 2740. The van der Waals surface area contributed by atoms with Crippen LogP contribution in [0.2, 0.25) is 0 Å². The molecule has 0 bridgehead atoms. The minimum absolute atomic E-state index is 0.00224. The average Bonchev–Trinajstić information content (AvgIpc) is 3.44. The highest BCUT2D eigenvalue weighted by molar-refractivity contribution is 14.1. The number of carbonyl (C=O) groups excluding carboxylic acids is 2. The first kappa shape index (κ1) is 36.0. The summed E-state index contributed by atoms with van der Waals surface area (Å²) in [6.07, 6.45) is 3.03. The van der Waals surface area contributed by atoms with E-state index in [0.29, 0.717) is 39.4 Å². The minimum Gasteiger partial charge on any atom is -0.507 e. The van der Waals surface area contributed by atoms with Crippen LogP contribution in [0.5, 0.6) is 23.0 Å². The number of Topliss-reactive ketones (excluding diaryl/α,β-unsaturated/α-hetero) is 1. The van der Waals surface area contributed by atoms with Crippen LogP contribution in [0.4, 0.5) is 0 Å². The van der Waals surface area contributed by atoms with Gasteiger partial charge >= 0.3 is 11.4 Å². The largest absolute Gasteiger partial charge is 0.507 e. The number of fused-ring (bicyclic) bond motifs is 4. The number of halogens is 1. The van der Waals surface area contributed by atoms with Gasteiger partial charge in [0.05, 0.1) is 41.4 Å². The molecule has 0 saturated heterocycles. The Hall–Kier alpha value is -5.97. The van der Waals surface area contributed by atoms with Gasteiger partial charge in [0, 0.05) is 73.3 Å². The number of nitrogens with zero attached hydrogens (tertiary/aromatic N) is 5. The van der Waals surface area contributed by atoms with Crippen molar-refractivity contribution in [2.24, 2.45) is 7.05 Å². The summed E-state index contributed by atoms with van der Waals surface area (Å²) >= 11 is 1.85. The number of aryl methyl sites for hydroxylation is 2. The van der Waals surface area contributed by atoms with E-state index in [0.717, 1.165) is 10.1 Å². The van der Waals surface area contributed by atoms with Crippen molar-refractivity contribution < 1.29 is 28.9 Å². The van der Waals surface area contributed by atoms with Crippen LogP contribution in [0.25, 0.3) is 11.0 Å². The Morgan fingerprint density at radius 1 is 0.945 bits per heavy atom. The Morgan fingerprint density at radius 2 is 1.69 bits per heavy atom. The first-order valence-electron chi connectivity index (χ1n) is 17.4. The molecule has 0 saturated carbocycles. The van der Waals surface area contributed by atoms with Gasteiger partial charge in [-0.2, -0.15) is 0 Å². The van der Waals surface area contributed by atoms with Crippen molar-refractivity contribution in [3.63, 3.8) is 0 Å². The van der Waals surface area contributed by atoms with Crippen molar-refractivity contribution in [1.29, 1.82) is 0 Å². The lowest BCUT2D eigenvalue weighted by molar-refractivity contribution is -0.115. The molecule has 2 atom stereocenters. The Labute approximate surface area is 326 Å². The molecule has 3 aliphatic rings. The van der Waals surface area contributed by atoms with Gasteiger partial charge in [-0.1, -0.05) is 42.5 Å². The number of ether oxygens (including phenoxy) is 3. The molecule has 0 fully saturated rings. The predicted molar refractivity (Wildman–Crippen MR) is 209 cm³/mol. The number of carbonyl (C=O) groups is 2. The maximum atomic E-state index is 14.2. The summed E-state index contributed by atoms with van der Waals surface area (Å²) in [7, 11) is 4.59. The fourth-order valence-electron chi connectivity index (χ4n) is 7.75. The maximum absolute atomic E-state index is 14.2. The number of aromatic nitrogens is 5. The van der Waals surface area contributed by atoms with E-state index >= 15 is 0 Å². The van der Waals surface area contributed by atoms with Gasteiger partial charge in [0.15, 0.2) is 23.1 Å². The number of benzene rings is 3. The van der Waals surface area contributed by atoms with E-state index in [4.69, 9.17) is 14.2 Å². The summed E-state index contributed by atoms with van der Waals surface area (Å²) in [6.45, 7) is 0.126. The molecule has 0 amide bonds. The molecular weight excluding hydrogens is 821 g/mol. The van der Waals surface area contributed by atoms with Crippen LogP contribution in [-0.4, -0.2) is 54.4 Å². The number of hydrogen-bond donors (Lipinski definition) is 1. The highest BCUT2D eigenvalue weighted by atomic mass is 127. The second kappa shape index (κ2) is 14.0. The van der Waals surface area contributed by atoms with Gasteiger partial charge in [-0.05, 0) is 39.8 Å². The molecule has 14 nitrogen and oxygen atoms in total.